The molecule has 0 atom stereocenters. The molecular weight excluding hydrogens is 262 g/mol. The predicted molar refractivity (Wildman–Crippen MR) is 72.3 cm³/mol. The molecule has 0 bridgehead atoms. The maximum Gasteiger partial charge on any atom is 0.0202 e. The van der Waals surface area contributed by atoms with Crippen molar-refractivity contribution in [1.29, 1.82) is 0 Å². The van der Waals surface area contributed by atoms with Gasteiger partial charge in [-0.15, -0.1) is 0 Å². The highest BCUT2D eigenvalue weighted by Gasteiger charge is 1.98. The van der Waals surface area contributed by atoms with Crippen LogP contribution < -0.4 is 5.32 Å². The second kappa shape index (κ2) is 5.28. The molecule has 16 heavy (non-hydrogen) atoms. The van der Waals surface area contributed by atoms with Crippen LogP contribution in [0.25, 0.3) is 11.1 Å². The van der Waals surface area contributed by atoms with Crippen molar-refractivity contribution in [3.8, 4) is 11.1 Å². The van der Waals surface area contributed by atoms with Gasteiger partial charge in [0, 0.05) is 11.0 Å². The Hall–Kier alpha value is -1.12. The van der Waals surface area contributed by atoms with E-state index in [4.69, 9.17) is 0 Å². The summed E-state index contributed by atoms with van der Waals surface area (Å²) in [5.41, 5.74) is 3.82. The van der Waals surface area contributed by atoms with Crippen LogP contribution in [0.2, 0.25) is 0 Å². The minimum Gasteiger partial charge on any atom is -0.316 e. The zero-order valence-electron chi connectivity index (χ0n) is 9.20. The molecule has 0 saturated carbocycles. The van der Waals surface area contributed by atoms with Crippen LogP contribution in [0.4, 0.5) is 0 Å². The summed E-state index contributed by atoms with van der Waals surface area (Å²) in [4.78, 5) is 0. The Balaban J connectivity index is 2.32. The van der Waals surface area contributed by atoms with E-state index < -0.39 is 0 Å². The molecule has 0 spiro atoms. The molecule has 2 aromatic rings. The molecule has 2 rings (SSSR count). The Labute approximate surface area is 105 Å². The molecule has 0 saturated heterocycles. The molecule has 0 aliphatic rings. The first-order chi connectivity index (χ1) is 7.79. The number of halogens is 1. The van der Waals surface area contributed by atoms with Gasteiger partial charge in [0.25, 0.3) is 0 Å². The van der Waals surface area contributed by atoms with Crippen LogP contribution >= 0.6 is 15.9 Å². The van der Waals surface area contributed by atoms with Crippen molar-refractivity contribution < 1.29 is 0 Å². The summed E-state index contributed by atoms with van der Waals surface area (Å²) in [5.74, 6) is 0. The summed E-state index contributed by atoms with van der Waals surface area (Å²) in [7, 11) is 1.96. The number of hydrogen-bond acceptors (Lipinski definition) is 1. The Bertz CT molecular complexity index is 462. The molecule has 82 valence electrons. The van der Waals surface area contributed by atoms with E-state index in [2.05, 4.69) is 69.8 Å². The van der Waals surface area contributed by atoms with Crippen LogP contribution in [-0.4, -0.2) is 7.05 Å². The molecular formula is C14H14BrN. The zero-order chi connectivity index (χ0) is 11.4. The van der Waals surface area contributed by atoms with Crippen LogP contribution in [0, 0.1) is 0 Å². The molecule has 2 aromatic carbocycles. The number of rotatable bonds is 3. The summed E-state index contributed by atoms with van der Waals surface area (Å²) in [6.07, 6.45) is 0. The van der Waals surface area contributed by atoms with Crippen molar-refractivity contribution in [3.63, 3.8) is 0 Å². The lowest BCUT2D eigenvalue weighted by Gasteiger charge is -2.05. The van der Waals surface area contributed by atoms with Gasteiger partial charge >= 0.3 is 0 Å². The van der Waals surface area contributed by atoms with Gasteiger partial charge in [-0.2, -0.15) is 0 Å². The highest BCUT2D eigenvalue weighted by Crippen LogP contribution is 2.22. The van der Waals surface area contributed by atoms with Crippen molar-refractivity contribution in [2.45, 2.75) is 6.54 Å². The zero-order valence-corrected chi connectivity index (χ0v) is 10.8. The van der Waals surface area contributed by atoms with Gasteiger partial charge < -0.3 is 5.32 Å². The molecule has 0 heterocycles. The summed E-state index contributed by atoms with van der Waals surface area (Å²) >= 11 is 3.45. The Morgan fingerprint density at radius 2 is 1.75 bits per heavy atom. The fourth-order valence-electron chi connectivity index (χ4n) is 1.71. The van der Waals surface area contributed by atoms with Gasteiger partial charge in [0.2, 0.25) is 0 Å². The lowest BCUT2D eigenvalue weighted by atomic mass is 10.0. The molecule has 1 N–H and O–H groups in total. The molecule has 0 unspecified atom stereocenters. The summed E-state index contributed by atoms with van der Waals surface area (Å²) in [6, 6.07) is 17.0. The van der Waals surface area contributed by atoms with E-state index >= 15 is 0 Å². The lowest BCUT2D eigenvalue weighted by Crippen LogP contribution is -2.04. The van der Waals surface area contributed by atoms with E-state index in [0.717, 1.165) is 11.0 Å². The standard InChI is InChI=1S/C14H14BrN/c1-16-10-11-3-2-4-13(9-11)12-5-7-14(15)8-6-12/h2-9,16H,10H2,1H3. The fraction of sp³-hybridized carbons (Fsp3) is 0.143. The van der Waals surface area contributed by atoms with Gasteiger partial charge in [-0.25, -0.2) is 0 Å². The molecule has 0 amide bonds. The van der Waals surface area contributed by atoms with E-state index in [9.17, 15) is 0 Å². The van der Waals surface area contributed by atoms with Gasteiger partial charge in [0.15, 0.2) is 0 Å². The maximum absolute atomic E-state index is 3.45. The Morgan fingerprint density at radius 1 is 1.00 bits per heavy atom. The molecule has 0 radical (unpaired) electrons. The topological polar surface area (TPSA) is 12.0 Å². The van der Waals surface area contributed by atoms with Crippen LogP contribution in [-0.2, 0) is 6.54 Å². The lowest BCUT2D eigenvalue weighted by molar-refractivity contribution is 0.818. The second-order valence-electron chi connectivity index (χ2n) is 3.74. The van der Waals surface area contributed by atoms with Crippen molar-refractivity contribution in [2.24, 2.45) is 0 Å². The van der Waals surface area contributed by atoms with Gasteiger partial charge in [-0.05, 0) is 41.9 Å². The minimum absolute atomic E-state index is 0.907. The first kappa shape index (κ1) is 11.4. The quantitative estimate of drug-likeness (QED) is 0.898. The first-order valence-corrected chi connectivity index (χ1v) is 6.08. The van der Waals surface area contributed by atoms with Gasteiger partial charge in [0.05, 0.1) is 0 Å². The van der Waals surface area contributed by atoms with Crippen LogP contribution in [0.5, 0.6) is 0 Å². The Kier molecular flexibility index (Phi) is 3.75. The van der Waals surface area contributed by atoms with Crippen molar-refractivity contribution in [3.05, 3.63) is 58.6 Å². The average molecular weight is 276 g/mol. The maximum atomic E-state index is 3.45. The predicted octanol–water partition coefficient (Wildman–Crippen LogP) is 3.84. The van der Waals surface area contributed by atoms with Gasteiger partial charge in [-0.3, -0.25) is 0 Å². The third kappa shape index (κ3) is 2.71. The fourth-order valence-corrected chi connectivity index (χ4v) is 1.97. The van der Waals surface area contributed by atoms with Crippen LogP contribution in [0.1, 0.15) is 5.56 Å². The summed E-state index contributed by atoms with van der Waals surface area (Å²) < 4.78 is 1.11. The molecule has 0 fully saturated rings. The first-order valence-electron chi connectivity index (χ1n) is 5.29. The molecule has 0 aliphatic carbocycles. The smallest absolute Gasteiger partial charge is 0.0202 e. The monoisotopic (exact) mass is 275 g/mol. The molecule has 0 aliphatic heterocycles. The third-order valence-corrected chi connectivity index (χ3v) is 3.01. The minimum atomic E-state index is 0.907. The van der Waals surface area contributed by atoms with E-state index in [1.165, 1.54) is 16.7 Å². The van der Waals surface area contributed by atoms with E-state index in [0.29, 0.717) is 0 Å². The normalized spacial score (nSPS) is 10.4. The second-order valence-corrected chi connectivity index (χ2v) is 4.65. The van der Waals surface area contributed by atoms with Crippen molar-refractivity contribution in [1.82, 2.24) is 5.32 Å². The number of benzene rings is 2. The third-order valence-electron chi connectivity index (χ3n) is 2.49. The van der Waals surface area contributed by atoms with Gasteiger partial charge in [0.1, 0.15) is 0 Å². The van der Waals surface area contributed by atoms with Crippen molar-refractivity contribution >= 4 is 15.9 Å². The largest absolute Gasteiger partial charge is 0.316 e. The van der Waals surface area contributed by atoms with Crippen LogP contribution in [0.3, 0.4) is 0 Å². The van der Waals surface area contributed by atoms with Crippen molar-refractivity contribution in [2.75, 3.05) is 7.05 Å². The molecule has 2 heteroatoms. The highest BCUT2D eigenvalue weighted by atomic mass is 79.9. The number of hydrogen-bond donors (Lipinski definition) is 1. The average Bonchev–Trinajstić information content (AvgIpc) is 2.31. The molecule has 0 aromatic heterocycles. The van der Waals surface area contributed by atoms with E-state index in [1.807, 2.05) is 7.05 Å². The van der Waals surface area contributed by atoms with E-state index in [1.54, 1.807) is 0 Å². The SMILES string of the molecule is CNCc1cccc(-c2ccc(Br)cc2)c1. The Morgan fingerprint density at radius 3 is 2.44 bits per heavy atom. The highest BCUT2D eigenvalue weighted by molar-refractivity contribution is 9.10. The summed E-state index contributed by atoms with van der Waals surface area (Å²) in [6.45, 7) is 0.907. The number of nitrogens with one attached hydrogen (secondary N) is 1. The molecule has 1 nitrogen and oxygen atoms in total. The summed E-state index contributed by atoms with van der Waals surface area (Å²) in [5, 5.41) is 3.16. The van der Waals surface area contributed by atoms with E-state index in [-0.39, 0.29) is 0 Å². The van der Waals surface area contributed by atoms with Gasteiger partial charge in [-0.1, -0.05) is 46.3 Å². The van der Waals surface area contributed by atoms with Crippen LogP contribution in [0.15, 0.2) is 53.0 Å².